The molecule has 2 rings (SSSR count). The highest BCUT2D eigenvalue weighted by molar-refractivity contribution is 4.75. The third-order valence-electron chi connectivity index (χ3n) is 3.92. The lowest BCUT2D eigenvalue weighted by Gasteiger charge is -2.43. The summed E-state index contributed by atoms with van der Waals surface area (Å²) in [7, 11) is 0. The van der Waals surface area contributed by atoms with Gasteiger partial charge < -0.3 is 0 Å². The van der Waals surface area contributed by atoms with Gasteiger partial charge in [-0.3, -0.25) is 8.78 Å². The zero-order valence-corrected chi connectivity index (χ0v) is 9.88. The van der Waals surface area contributed by atoms with Crippen LogP contribution < -0.4 is 0 Å². The van der Waals surface area contributed by atoms with Gasteiger partial charge in [-0.05, 0) is 31.6 Å². The molecule has 0 spiro atoms. The molecule has 0 aliphatic carbocycles. The number of hydrogen-bond acceptors (Lipinski definition) is 2. The fourth-order valence-electron chi connectivity index (χ4n) is 2.78. The molecule has 2 fully saturated rings. The number of rotatable bonds is 3. The molecule has 4 heteroatoms. The van der Waals surface area contributed by atoms with E-state index in [4.69, 9.17) is 0 Å². The molecule has 0 radical (unpaired) electrons. The summed E-state index contributed by atoms with van der Waals surface area (Å²) in [5, 5.41) is 4.61. The summed E-state index contributed by atoms with van der Waals surface area (Å²) in [5.41, 5.74) is 0. The van der Waals surface area contributed by atoms with Crippen LogP contribution in [0.2, 0.25) is 0 Å². The predicted octanol–water partition coefficient (Wildman–Crippen LogP) is 2.26. The molecule has 0 saturated carbocycles. The Morgan fingerprint density at radius 3 is 2.12 bits per heavy atom. The Morgan fingerprint density at radius 2 is 1.50 bits per heavy atom. The number of nitrogens with zero attached hydrogens (tertiary/aromatic N) is 2. The maximum absolute atomic E-state index is 12.6. The van der Waals surface area contributed by atoms with E-state index >= 15 is 0 Å². The van der Waals surface area contributed by atoms with E-state index < -0.39 is 0 Å². The van der Waals surface area contributed by atoms with Crippen LogP contribution in [0.4, 0.5) is 8.78 Å². The predicted molar refractivity (Wildman–Crippen MR) is 60.5 cm³/mol. The van der Waals surface area contributed by atoms with Crippen molar-refractivity contribution in [3.63, 3.8) is 0 Å². The smallest absolute Gasteiger partial charge is 0.0935 e. The molecule has 0 N–H and O–H groups in total. The van der Waals surface area contributed by atoms with Gasteiger partial charge in [0.15, 0.2) is 0 Å². The molecule has 0 amide bonds. The first-order valence-corrected chi connectivity index (χ1v) is 6.45. The number of alkyl halides is 2. The number of hydrazine groups is 1. The maximum Gasteiger partial charge on any atom is 0.0935 e. The SMILES string of the molecule is FCC1CCN(N2CCCC(CF)C2)CC1. The lowest BCUT2D eigenvalue weighted by atomic mass is 9.98. The van der Waals surface area contributed by atoms with Crippen LogP contribution in [0.3, 0.4) is 0 Å². The molecule has 0 aromatic heterocycles. The van der Waals surface area contributed by atoms with Gasteiger partial charge in [0, 0.05) is 32.1 Å². The highest BCUT2D eigenvalue weighted by Crippen LogP contribution is 2.23. The third-order valence-corrected chi connectivity index (χ3v) is 3.92. The minimum Gasteiger partial charge on any atom is -0.251 e. The molecule has 1 atom stereocenters. The summed E-state index contributed by atoms with van der Waals surface area (Å²) in [6.45, 7) is 3.44. The highest BCUT2D eigenvalue weighted by Gasteiger charge is 2.27. The normalized spacial score (nSPS) is 30.8. The van der Waals surface area contributed by atoms with Crippen molar-refractivity contribution in [3.05, 3.63) is 0 Å². The summed E-state index contributed by atoms with van der Waals surface area (Å²) in [5.74, 6) is 0.477. The van der Waals surface area contributed by atoms with Crippen molar-refractivity contribution >= 4 is 0 Å². The van der Waals surface area contributed by atoms with Gasteiger partial charge in [-0.2, -0.15) is 0 Å². The van der Waals surface area contributed by atoms with Crippen LogP contribution in [0.1, 0.15) is 25.7 Å². The van der Waals surface area contributed by atoms with E-state index in [0.717, 1.165) is 51.9 Å². The quantitative estimate of drug-likeness (QED) is 0.736. The zero-order valence-electron chi connectivity index (χ0n) is 9.88. The first kappa shape index (κ1) is 12.2. The van der Waals surface area contributed by atoms with Crippen LogP contribution in [-0.4, -0.2) is 49.5 Å². The van der Waals surface area contributed by atoms with Crippen LogP contribution in [0.15, 0.2) is 0 Å². The molecular formula is C12H22F2N2. The summed E-state index contributed by atoms with van der Waals surface area (Å²) in [6, 6.07) is 0. The number of piperidine rings is 2. The van der Waals surface area contributed by atoms with Crippen molar-refractivity contribution in [1.82, 2.24) is 10.0 Å². The van der Waals surface area contributed by atoms with Gasteiger partial charge in [0.2, 0.25) is 0 Å². The highest BCUT2D eigenvalue weighted by atomic mass is 19.1. The summed E-state index contributed by atoms with van der Waals surface area (Å²) in [4.78, 5) is 0. The molecule has 2 saturated heterocycles. The van der Waals surface area contributed by atoms with Crippen molar-refractivity contribution in [3.8, 4) is 0 Å². The van der Waals surface area contributed by atoms with Gasteiger partial charge >= 0.3 is 0 Å². The van der Waals surface area contributed by atoms with Crippen LogP contribution in [0.25, 0.3) is 0 Å². The van der Waals surface area contributed by atoms with Gasteiger partial charge in [0.25, 0.3) is 0 Å². The van der Waals surface area contributed by atoms with E-state index in [2.05, 4.69) is 10.0 Å². The van der Waals surface area contributed by atoms with Gasteiger partial charge in [0.05, 0.1) is 13.3 Å². The summed E-state index contributed by atoms with van der Waals surface area (Å²) in [6.07, 6.45) is 4.02. The second-order valence-corrected chi connectivity index (χ2v) is 5.13. The van der Waals surface area contributed by atoms with Crippen molar-refractivity contribution in [2.75, 3.05) is 39.5 Å². The van der Waals surface area contributed by atoms with Gasteiger partial charge in [-0.1, -0.05) is 0 Å². The van der Waals surface area contributed by atoms with Crippen LogP contribution >= 0.6 is 0 Å². The molecule has 2 aliphatic rings. The molecule has 2 aliphatic heterocycles. The van der Waals surface area contributed by atoms with Crippen molar-refractivity contribution in [2.24, 2.45) is 11.8 Å². The van der Waals surface area contributed by atoms with Crippen molar-refractivity contribution < 1.29 is 8.78 Å². The second kappa shape index (κ2) is 5.92. The Hall–Kier alpha value is -0.220. The molecular weight excluding hydrogens is 210 g/mol. The fraction of sp³-hybridized carbons (Fsp3) is 1.00. The number of hydrogen-bond donors (Lipinski definition) is 0. The fourth-order valence-corrected chi connectivity index (χ4v) is 2.78. The molecule has 16 heavy (non-hydrogen) atoms. The Kier molecular flexibility index (Phi) is 4.53. The molecule has 2 nitrogen and oxygen atoms in total. The molecule has 1 unspecified atom stereocenters. The zero-order chi connectivity index (χ0) is 11.4. The van der Waals surface area contributed by atoms with Gasteiger partial charge in [0.1, 0.15) is 0 Å². The van der Waals surface area contributed by atoms with E-state index in [-0.39, 0.29) is 25.2 Å². The van der Waals surface area contributed by atoms with Crippen molar-refractivity contribution in [1.29, 1.82) is 0 Å². The van der Waals surface area contributed by atoms with E-state index in [1.54, 1.807) is 0 Å². The Labute approximate surface area is 96.6 Å². The van der Waals surface area contributed by atoms with Gasteiger partial charge in [-0.15, -0.1) is 0 Å². The van der Waals surface area contributed by atoms with E-state index in [1.165, 1.54) is 0 Å². The summed E-state index contributed by atoms with van der Waals surface area (Å²) >= 11 is 0. The van der Waals surface area contributed by atoms with Crippen LogP contribution in [0.5, 0.6) is 0 Å². The molecule has 0 aromatic rings. The lowest BCUT2D eigenvalue weighted by Crippen LogP contribution is -2.51. The average Bonchev–Trinajstić information content (AvgIpc) is 2.39. The molecule has 94 valence electrons. The second-order valence-electron chi connectivity index (χ2n) is 5.13. The topological polar surface area (TPSA) is 6.48 Å². The molecule has 0 aromatic carbocycles. The maximum atomic E-state index is 12.6. The van der Waals surface area contributed by atoms with Crippen LogP contribution in [-0.2, 0) is 0 Å². The van der Waals surface area contributed by atoms with E-state index in [0.29, 0.717) is 0 Å². The van der Waals surface area contributed by atoms with Crippen LogP contribution in [0, 0.1) is 11.8 Å². The van der Waals surface area contributed by atoms with Gasteiger partial charge in [-0.25, -0.2) is 10.0 Å². The number of halogens is 2. The average molecular weight is 232 g/mol. The largest absolute Gasteiger partial charge is 0.251 e. The monoisotopic (exact) mass is 232 g/mol. The third kappa shape index (κ3) is 2.92. The minimum atomic E-state index is -0.197. The summed E-state index contributed by atoms with van der Waals surface area (Å²) < 4.78 is 25.1. The van der Waals surface area contributed by atoms with Crippen molar-refractivity contribution in [2.45, 2.75) is 25.7 Å². The van der Waals surface area contributed by atoms with E-state index in [1.807, 2.05) is 0 Å². The first-order chi connectivity index (χ1) is 7.83. The first-order valence-electron chi connectivity index (χ1n) is 6.45. The van der Waals surface area contributed by atoms with E-state index in [9.17, 15) is 8.78 Å². The molecule has 0 bridgehead atoms. The Morgan fingerprint density at radius 1 is 0.812 bits per heavy atom. The Bertz CT molecular complexity index is 205. The Balaban J connectivity index is 1.79. The standard InChI is InChI=1S/C12H22F2N2/c13-8-11-3-6-15(7-4-11)16-5-1-2-12(9-14)10-16/h11-12H,1-10H2. The lowest BCUT2D eigenvalue weighted by molar-refractivity contribution is -0.0778. The minimum absolute atomic E-state index is 0.180. The molecule has 2 heterocycles.